The van der Waals surface area contributed by atoms with Crippen LogP contribution in [0, 0.1) is 6.92 Å². The lowest BCUT2D eigenvalue weighted by Crippen LogP contribution is -1.95. The molecule has 1 aromatic carbocycles. The molecular weight excluding hydrogens is 244 g/mol. The third-order valence-corrected chi connectivity index (χ3v) is 2.89. The van der Waals surface area contributed by atoms with Crippen LogP contribution in [0.1, 0.15) is 25.0 Å². The SMILES string of the molecule is C=C\C=C/C(C(=C)C)=C(/N=C\C)c1cc(N)ccc1C. The molecule has 0 aliphatic carbocycles. The zero-order chi connectivity index (χ0) is 15.1. The maximum absolute atomic E-state index is 5.91. The predicted octanol–water partition coefficient (Wildman–Crippen LogP) is 4.70. The molecule has 0 aliphatic rings. The summed E-state index contributed by atoms with van der Waals surface area (Å²) in [4.78, 5) is 4.52. The van der Waals surface area contributed by atoms with Crippen molar-refractivity contribution in [3.8, 4) is 0 Å². The van der Waals surface area contributed by atoms with E-state index in [4.69, 9.17) is 5.73 Å². The van der Waals surface area contributed by atoms with Gasteiger partial charge in [0.2, 0.25) is 0 Å². The number of aryl methyl sites for hydroxylation is 1. The Morgan fingerprint density at radius 2 is 2.05 bits per heavy atom. The Kier molecular flexibility index (Phi) is 5.73. The van der Waals surface area contributed by atoms with E-state index < -0.39 is 0 Å². The Morgan fingerprint density at radius 1 is 1.35 bits per heavy atom. The Bertz CT molecular complexity index is 602. The van der Waals surface area contributed by atoms with Gasteiger partial charge in [0.05, 0.1) is 5.70 Å². The van der Waals surface area contributed by atoms with E-state index in [1.165, 1.54) is 0 Å². The van der Waals surface area contributed by atoms with E-state index >= 15 is 0 Å². The largest absolute Gasteiger partial charge is 0.399 e. The summed E-state index contributed by atoms with van der Waals surface area (Å²) in [5, 5.41) is 0. The van der Waals surface area contributed by atoms with Crippen LogP contribution in [0.4, 0.5) is 5.69 Å². The van der Waals surface area contributed by atoms with E-state index in [1.54, 1.807) is 12.3 Å². The number of hydrogen-bond acceptors (Lipinski definition) is 2. The Hall–Kier alpha value is -2.35. The lowest BCUT2D eigenvalue weighted by molar-refractivity contribution is 1.35. The maximum Gasteiger partial charge on any atom is 0.0776 e. The van der Waals surface area contributed by atoms with Crippen LogP contribution < -0.4 is 5.73 Å². The number of rotatable bonds is 5. The number of aliphatic imine (C=N–C) groups is 1. The summed E-state index contributed by atoms with van der Waals surface area (Å²) in [5.41, 5.74) is 11.6. The molecule has 2 nitrogen and oxygen atoms in total. The van der Waals surface area contributed by atoms with Crippen molar-refractivity contribution >= 4 is 17.6 Å². The van der Waals surface area contributed by atoms with Gasteiger partial charge in [-0.2, -0.15) is 0 Å². The van der Waals surface area contributed by atoms with Crippen molar-refractivity contribution < 1.29 is 0 Å². The van der Waals surface area contributed by atoms with Gasteiger partial charge in [-0.25, -0.2) is 0 Å². The average molecular weight is 266 g/mol. The molecule has 0 aliphatic heterocycles. The summed E-state index contributed by atoms with van der Waals surface area (Å²) < 4.78 is 0. The molecule has 0 atom stereocenters. The van der Waals surface area contributed by atoms with Crippen molar-refractivity contribution in [2.75, 3.05) is 5.73 Å². The third-order valence-electron chi connectivity index (χ3n) is 2.89. The van der Waals surface area contributed by atoms with Crippen LogP contribution in [-0.4, -0.2) is 6.21 Å². The average Bonchev–Trinajstić information content (AvgIpc) is 2.40. The van der Waals surface area contributed by atoms with Gasteiger partial charge in [-0.15, -0.1) is 0 Å². The summed E-state index contributed by atoms with van der Waals surface area (Å²) >= 11 is 0. The Labute approximate surface area is 121 Å². The number of nitrogens with two attached hydrogens (primary N) is 1. The second-order valence-electron chi connectivity index (χ2n) is 4.60. The number of nitrogens with zero attached hydrogens (tertiary/aromatic N) is 1. The van der Waals surface area contributed by atoms with E-state index in [0.29, 0.717) is 0 Å². The van der Waals surface area contributed by atoms with Gasteiger partial charge < -0.3 is 5.73 Å². The highest BCUT2D eigenvalue weighted by atomic mass is 14.7. The van der Waals surface area contributed by atoms with Crippen molar-refractivity contribution in [1.82, 2.24) is 0 Å². The molecule has 0 unspecified atom stereocenters. The minimum Gasteiger partial charge on any atom is -0.399 e. The molecule has 2 heteroatoms. The second kappa shape index (κ2) is 7.29. The smallest absolute Gasteiger partial charge is 0.0776 e. The molecule has 1 rings (SSSR count). The molecule has 2 N–H and O–H groups in total. The zero-order valence-corrected chi connectivity index (χ0v) is 12.5. The fraction of sp³-hybridized carbons (Fsp3) is 0.167. The van der Waals surface area contributed by atoms with Crippen molar-refractivity contribution in [1.29, 1.82) is 0 Å². The minimum atomic E-state index is 0.725. The highest BCUT2D eigenvalue weighted by Gasteiger charge is 2.10. The maximum atomic E-state index is 5.91. The molecule has 1 aromatic rings. The molecule has 0 spiro atoms. The Morgan fingerprint density at radius 3 is 2.60 bits per heavy atom. The first-order valence-electron chi connectivity index (χ1n) is 6.55. The molecule has 0 saturated carbocycles. The Balaban J connectivity index is 3.63. The van der Waals surface area contributed by atoms with Crippen LogP contribution in [0.25, 0.3) is 5.70 Å². The van der Waals surface area contributed by atoms with Crippen molar-refractivity contribution in [3.63, 3.8) is 0 Å². The first-order valence-corrected chi connectivity index (χ1v) is 6.55. The highest BCUT2D eigenvalue weighted by Crippen LogP contribution is 2.29. The second-order valence-corrected chi connectivity index (χ2v) is 4.60. The molecule has 0 amide bonds. The van der Waals surface area contributed by atoms with Crippen molar-refractivity contribution in [2.45, 2.75) is 20.8 Å². The number of benzene rings is 1. The monoisotopic (exact) mass is 266 g/mol. The molecule has 104 valence electrons. The molecule has 0 heterocycles. The molecule has 20 heavy (non-hydrogen) atoms. The van der Waals surface area contributed by atoms with Crippen LogP contribution in [-0.2, 0) is 0 Å². The standard InChI is InChI=1S/C18H22N2/c1-6-8-9-16(13(3)4)18(20-7-2)17-12-15(19)11-10-14(17)5/h6-12H,1,3,19H2,2,4-5H3/b9-8-,18-16-,20-7-. The van der Waals surface area contributed by atoms with Gasteiger partial charge >= 0.3 is 0 Å². The number of allylic oxidation sites excluding steroid dienone is 5. The summed E-state index contributed by atoms with van der Waals surface area (Å²) in [7, 11) is 0. The van der Waals surface area contributed by atoms with Gasteiger partial charge in [-0.1, -0.05) is 37.5 Å². The summed E-state index contributed by atoms with van der Waals surface area (Å²) in [6.07, 6.45) is 7.38. The molecule has 0 fully saturated rings. The van der Waals surface area contributed by atoms with Gasteiger partial charge in [-0.3, -0.25) is 4.99 Å². The van der Waals surface area contributed by atoms with Crippen LogP contribution in [0.5, 0.6) is 0 Å². The molecule has 0 aromatic heterocycles. The molecule has 0 saturated heterocycles. The van der Waals surface area contributed by atoms with E-state index in [-0.39, 0.29) is 0 Å². The van der Waals surface area contributed by atoms with Gasteiger partial charge in [0.1, 0.15) is 0 Å². The van der Waals surface area contributed by atoms with Crippen molar-refractivity contribution in [3.05, 3.63) is 71.9 Å². The van der Waals surface area contributed by atoms with Crippen LogP contribution in [0.15, 0.2) is 65.7 Å². The minimum absolute atomic E-state index is 0.725. The zero-order valence-electron chi connectivity index (χ0n) is 12.5. The van der Waals surface area contributed by atoms with E-state index in [0.717, 1.165) is 33.7 Å². The lowest BCUT2D eigenvalue weighted by atomic mass is 9.97. The quantitative estimate of drug-likeness (QED) is 0.468. The fourth-order valence-corrected chi connectivity index (χ4v) is 1.90. The van der Waals surface area contributed by atoms with E-state index in [9.17, 15) is 0 Å². The molecule has 0 bridgehead atoms. The van der Waals surface area contributed by atoms with Gasteiger partial charge in [0, 0.05) is 23.0 Å². The van der Waals surface area contributed by atoms with E-state index in [2.05, 4.69) is 18.2 Å². The lowest BCUT2D eigenvalue weighted by Gasteiger charge is -2.12. The highest BCUT2D eigenvalue weighted by molar-refractivity contribution is 5.81. The summed E-state index contributed by atoms with van der Waals surface area (Å²) in [6, 6.07) is 5.84. The third kappa shape index (κ3) is 3.82. The topological polar surface area (TPSA) is 38.4 Å². The van der Waals surface area contributed by atoms with Gasteiger partial charge in [0.15, 0.2) is 0 Å². The molecular formula is C18H22N2. The first-order chi connectivity index (χ1) is 9.51. The van der Waals surface area contributed by atoms with E-state index in [1.807, 2.05) is 51.1 Å². The van der Waals surface area contributed by atoms with Crippen LogP contribution >= 0.6 is 0 Å². The van der Waals surface area contributed by atoms with Crippen molar-refractivity contribution in [2.24, 2.45) is 4.99 Å². The molecule has 0 radical (unpaired) electrons. The van der Waals surface area contributed by atoms with Gasteiger partial charge in [-0.05, 0) is 44.0 Å². The van der Waals surface area contributed by atoms with Gasteiger partial charge in [0.25, 0.3) is 0 Å². The summed E-state index contributed by atoms with van der Waals surface area (Å²) in [5.74, 6) is 0. The fourth-order valence-electron chi connectivity index (χ4n) is 1.90. The normalized spacial score (nSPS) is 12.8. The number of nitrogen functional groups attached to an aromatic ring is 1. The van der Waals surface area contributed by atoms with Crippen LogP contribution in [0.2, 0.25) is 0 Å². The number of hydrogen-bond donors (Lipinski definition) is 1. The van der Waals surface area contributed by atoms with Crippen LogP contribution in [0.3, 0.4) is 0 Å². The number of anilines is 1. The predicted molar refractivity (Wildman–Crippen MR) is 90.8 cm³/mol. The first kappa shape index (κ1) is 15.7. The summed E-state index contributed by atoms with van der Waals surface area (Å²) in [6.45, 7) is 13.7.